The first-order valence-electron chi connectivity index (χ1n) is 8.31. The zero-order valence-electron chi connectivity index (χ0n) is 15.2. The number of hydrogen-bond donors (Lipinski definition) is 2. The number of carbonyl (C=O) groups excluding carboxylic acids is 1. The zero-order valence-corrected chi connectivity index (χ0v) is 16.0. The molecule has 2 aromatic carbocycles. The SMILES string of the molecule is Cc1ccc(S(=O)(=O)NCCNC(=O)COc2ccc(C)c(C)c2)cc1. The second-order valence-electron chi connectivity index (χ2n) is 6.10. The highest BCUT2D eigenvalue weighted by Crippen LogP contribution is 2.16. The Hall–Kier alpha value is -2.38. The molecule has 7 heteroatoms. The van der Waals surface area contributed by atoms with Crippen LogP contribution in [0.25, 0.3) is 0 Å². The van der Waals surface area contributed by atoms with E-state index in [-0.39, 0.29) is 30.5 Å². The Labute approximate surface area is 154 Å². The first kappa shape index (κ1) is 19.9. The van der Waals surface area contributed by atoms with Crippen LogP contribution in [-0.2, 0) is 14.8 Å². The molecule has 0 aliphatic heterocycles. The van der Waals surface area contributed by atoms with E-state index in [1.165, 1.54) is 0 Å². The highest BCUT2D eigenvalue weighted by molar-refractivity contribution is 7.89. The van der Waals surface area contributed by atoms with Crippen molar-refractivity contribution in [2.75, 3.05) is 19.7 Å². The van der Waals surface area contributed by atoms with Gasteiger partial charge in [0.15, 0.2) is 6.61 Å². The number of ether oxygens (including phenoxy) is 1. The van der Waals surface area contributed by atoms with Crippen LogP contribution in [0.5, 0.6) is 5.75 Å². The monoisotopic (exact) mass is 376 g/mol. The number of aryl methyl sites for hydroxylation is 3. The van der Waals surface area contributed by atoms with Gasteiger partial charge in [-0.1, -0.05) is 23.8 Å². The van der Waals surface area contributed by atoms with E-state index >= 15 is 0 Å². The Morgan fingerprint density at radius 3 is 2.31 bits per heavy atom. The molecule has 0 spiro atoms. The average molecular weight is 376 g/mol. The van der Waals surface area contributed by atoms with Crippen LogP contribution in [0.15, 0.2) is 47.4 Å². The summed E-state index contributed by atoms with van der Waals surface area (Å²) in [5.74, 6) is 0.320. The van der Waals surface area contributed by atoms with Crippen LogP contribution in [0.4, 0.5) is 0 Å². The molecule has 2 N–H and O–H groups in total. The Balaban J connectivity index is 1.72. The van der Waals surface area contributed by atoms with Gasteiger partial charge in [-0.25, -0.2) is 13.1 Å². The standard InChI is InChI=1S/C19H24N2O4S/c1-14-4-8-18(9-5-14)26(23,24)21-11-10-20-19(22)13-25-17-7-6-15(2)16(3)12-17/h4-9,12,21H,10-11,13H2,1-3H3,(H,20,22). The normalized spacial score (nSPS) is 11.2. The van der Waals surface area contributed by atoms with Gasteiger partial charge in [-0.2, -0.15) is 0 Å². The highest BCUT2D eigenvalue weighted by atomic mass is 32.2. The van der Waals surface area contributed by atoms with Gasteiger partial charge in [0, 0.05) is 13.1 Å². The lowest BCUT2D eigenvalue weighted by Crippen LogP contribution is -2.36. The third kappa shape index (κ3) is 5.86. The Bertz CT molecular complexity index is 862. The Kier molecular flexibility index (Phi) is 6.76. The van der Waals surface area contributed by atoms with Crippen molar-refractivity contribution in [1.82, 2.24) is 10.0 Å². The summed E-state index contributed by atoms with van der Waals surface area (Å²) in [5, 5.41) is 2.62. The van der Waals surface area contributed by atoms with E-state index in [9.17, 15) is 13.2 Å². The molecule has 26 heavy (non-hydrogen) atoms. The molecular formula is C19H24N2O4S. The van der Waals surface area contributed by atoms with Crippen molar-refractivity contribution in [1.29, 1.82) is 0 Å². The highest BCUT2D eigenvalue weighted by Gasteiger charge is 2.13. The van der Waals surface area contributed by atoms with Crippen molar-refractivity contribution in [3.05, 3.63) is 59.2 Å². The molecule has 0 unspecified atom stereocenters. The number of amides is 1. The summed E-state index contributed by atoms with van der Waals surface area (Å²) in [4.78, 5) is 12.0. The van der Waals surface area contributed by atoms with Crippen LogP contribution in [0.2, 0.25) is 0 Å². The minimum absolute atomic E-state index is 0.103. The lowest BCUT2D eigenvalue weighted by atomic mass is 10.1. The van der Waals surface area contributed by atoms with Gasteiger partial charge < -0.3 is 10.1 Å². The summed E-state index contributed by atoms with van der Waals surface area (Å²) in [6.07, 6.45) is 0. The van der Waals surface area contributed by atoms with Gasteiger partial charge in [-0.05, 0) is 56.2 Å². The number of benzene rings is 2. The Morgan fingerprint density at radius 2 is 1.65 bits per heavy atom. The average Bonchev–Trinajstić information content (AvgIpc) is 2.60. The fourth-order valence-corrected chi connectivity index (χ4v) is 3.22. The second kappa shape index (κ2) is 8.82. The number of carbonyl (C=O) groups is 1. The minimum atomic E-state index is -3.57. The first-order valence-corrected chi connectivity index (χ1v) is 9.79. The van der Waals surface area contributed by atoms with Crippen LogP contribution in [0, 0.1) is 20.8 Å². The van der Waals surface area contributed by atoms with Crippen molar-refractivity contribution in [3.8, 4) is 5.75 Å². The third-order valence-corrected chi connectivity index (χ3v) is 5.40. The quantitative estimate of drug-likeness (QED) is 0.691. The van der Waals surface area contributed by atoms with Crippen molar-refractivity contribution in [2.24, 2.45) is 0 Å². The molecule has 1 amide bonds. The summed E-state index contributed by atoms with van der Waals surface area (Å²) >= 11 is 0. The summed E-state index contributed by atoms with van der Waals surface area (Å²) in [7, 11) is -3.57. The molecule has 2 aromatic rings. The van der Waals surface area contributed by atoms with E-state index in [1.807, 2.05) is 39.0 Å². The molecule has 0 atom stereocenters. The van der Waals surface area contributed by atoms with Crippen LogP contribution in [0.1, 0.15) is 16.7 Å². The molecule has 0 radical (unpaired) electrons. The number of hydrogen-bond acceptors (Lipinski definition) is 4. The maximum Gasteiger partial charge on any atom is 0.257 e. The van der Waals surface area contributed by atoms with Gasteiger partial charge in [0.05, 0.1) is 4.90 Å². The summed E-state index contributed by atoms with van der Waals surface area (Å²) < 4.78 is 32.1. The van der Waals surface area contributed by atoms with Crippen molar-refractivity contribution in [3.63, 3.8) is 0 Å². The van der Waals surface area contributed by atoms with Crippen molar-refractivity contribution >= 4 is 15.9 Å². The smallest absolute Gasteiger partial charge is 0.257 e. The molecule has 0 aliphatic carbocycles. The Morgan fingerprint density at radius 1 is 0.962 bits per heavy atom. The maximum atomic E-state index is 12.1. The van der Waals surface area contributed by atoms with Gasteiger partial charge in [-0.3, -0.25) is 4.79 Å². The van der Waals surface area contributed by atoms with E-state index in [1.54, 1.807) is 24.3 Å². The summed E-state index contributed by atoms with van der Waals surface area (Å²) in [6.45, 7) is 6.03. The second-order valence-corrected chi connectivity index (χ2v) is 7.86. The fourth-order valence-electron chi connectivity index (χ4n) is 2.19. The van der Waals surface area contributed by atoms with E-state index in [4.69, 9.17) is 4.74 Å². The first-order chi connectivity index (χ1) is 12.3. The molecule has 0 aromatic heterocycles. The van der Waals surface area contributed by atoms with Gasteiger partial charge in [0.2, 0.25) is 10.0 Å². The predicted octanol–water partition coefficient (Wildman–Crippen LogP) is 2.09. The predicted molar refractivity (Wildman–Crippen MR) is 101 cm³/mol. The van der Waals surface area contributed by atoms with E-state index < -0.39 is 10.0 Å². The molecular weight excluding hydrogens is 352 g/mol. The minimum Gasteiger partial charge on any atom is -0.484 e. The van der Waals surface area contributed by atoms with Crippen LogP contribution >= 0.6 is 0 Å². The van der Waals surface area contributed by atoms with Gasteiger partial charge in [0.25, 0.3) is 5.91 Å². The third-order valence-electron chi connectivity index (χ3n) is 3.92. The lowest BCUT2D eigenvalue weighted by molar-refractivity contribution is -0.123. The molecule has 2 rings (SSSR count). The topological polar surface area (TPSA) is 84.5 Å². The number of sulfonamides is 1. The molecule has 0 fully saturated rings. The van der Waals surface area contributed by atoms with Gasteiger partial charge >= 0.3 is 0 Å². The van der Waals surface area contributed by atoms with Crippen LogP contribution in [0.3, 0.4) is 0 Å². The molecule has 0 saturated heterocycles. The molecule has 0 saturated carbocycles. The van der Waals surface area contributed by atoms with E-state index in [0.717, 1.165) is 16.7 Å². The molecule has 0 bridgehead atoms. The lowest BCUT2D eigenvalue weighted by Gasteiger charge is -2.10. The maximum absolute atomic E-state index is 12.1. The van der Waals surface area contributed by atoms with Crippen LogP contribution in [-0.4, -0.2) is 34.0 Å². The molecule has 0 aliphatic rings. The van der Waals surface area contributed by atoms with Gasteiger partial charge in [-0.15, -0.1) is 0 Å². The number of rotatable bonds is 8. The van der Waals surface area contributed by atoms with E-state index in [2.05, 4.69) is 10.0 Å². The number of nitrogens with one attached hydrogen (secondary N) is 2. The van der Waals surface area contributed by atoms with E-state index in [0.29, 0.717) is 5.75 Å². The van der Waals surface area contributed by atoms with Crippen LogP contribution < -0.4 is 14.8 Å². The molecule has 6 nitrogen and oxygen atoms in total. The summed E-state index contributed by atoms with van der Waals surface area (Å²) in [5.41, 5.74) is 3.23. The molecule has 140 valence electrons. The van der Waals surface area contributed by atoms with Crippen molar-refractivity contribution < 1.29 is 17.9 Å². The summed E-state index contributed by atoms with van der Waals surface area (Å²) in [6, 6.07) is 12.2. The van der Waals surface area contributed by atoms with Gasteiger partial charge in [0.1, 0.15) is 5.75 Å². The largest absolute Gasteiger partial charge is 0.484 e. The zero-order chi connectivity index (χ0) is 19.2. The fraction of sp³-hybridized carbons (Fsp3) is 0.316. The molecule has 0 heterocycles. The van der Waals surface area contributed by atoms with Crippen molar-refractivity contribution in [2.45, 2.75) is 25.7 Å².